The molecule has 154 valence electrons. The molecule has 2 unspecified atom stereocenters. The van der Waals surface area contributed by atoms with Gasteiger partial charge in [-0.2, -0.15) is 0 Å². The maximum absolute atomic E-state index is 6.25. The summed E-state index contributed by atoms with van der Waals surface area (Å²) in [6, 6.07) is 9.65. The zero-order chi connectivity index (χ0) is 19.3. The van der Waals surface area contributed by atoms with Crippen molar-refractivity contribution in [2.24, 2.45) is 17.8 Å². The molecule has 2 saturated carbocycles. The summed E-state index contributed by atoms with van der Waals surface area (Å²) in [5.41, 5.74) is 3.08. The van der Waals surface area contributed by atoms with Gasteiger partial charge in [-0.25, -0.2) is 0 Å². The van der Waals surface area contributed by atoms with Crippen molar-refractivity contribution < 1.29 is 4.74 Å². The summed E-state index contributed by atoms with van der Waals surface area (Å²) in [4.78, 5) is 0. The summed E-state index contributed by atoms with van der Waals surface area (Å²) in [6.07, 6.45) is 18.8. The van der Waals surface area contributed by atoms with E-state index in [9.17, 15) is 0 Å². The van der Waals surface area contributed by atoms with E-state index in [0.717, 1.165) is 24.4 Å². The summed E-state index contributed by atoms with van der Waals surface area (Å²) >= 11 is 0. The van der Waals surface area contributed by atoms with Gasteiger partial charge < -0.3 is 4.74 Å². The number of allylic oxidation sites excluding steroid dienone is 1. The van der Waals surface area contributed by atoms with Gasteiger partial charge in [0.25, 0.3) is 0 Å². The van der Waals surface area contributed by atoms with E-state index in [1.807, 2.05) is 0 Å². The van der Waals surface area contributed by atoms with Crippen molar-refractivity contribution >= 4 is 0 Å². The summed E-state index contributed by atoms with van der Waals surface area (Å²) in [5, 5.41) is 0. The number of hydrogen-bond donors (Lipinski definition) is 0. The molecule has 0 saturated heterocycles. The number of ether oxygens (including phenoxy) is 1. The van der Waals surface area contributed by atoms with Gasteiger partial charge in [0.15, 0.2) is 0 Å². The molecule has 1 aromatic rings. The molecule has 2 atom stereocenters. The molecule has 0 aromatic heterocycles. The van der Waals surface area contributed by atoms with Crippen molar-refractivity contribution in [3.63, 3.8) is 0 Å². The minimum atomic E-state index is 0.526. The van der Waals surface area contributed by atoms with Crippen LogP contribution in [0.5, 0.6) is 0 Å². The van der Waals surface area contributed by atoms with Gasteiger partial charge in [0.1, 0.15) is 0 Å². The van der Waals surface area contributed by atoms with Crippen LogP contribution in [0.2, 0.25) is 0 Å². The van der Waals surface area contributed by atoms with Crippen LogP contribution in [0.25, 0.3) is 0 Å². The minimum absolute atomic E-state index is 0.526. The largest absolute Gasteiger partial charge is 0.378 e. The SMILES string of the molecule is CC1CCC(OCC2C=CC(c3ccc(C4CCC(C)CC4)cc3)CC2)CC1. The average molecular weight is 381 g/mol. The molecule has 4 rings (SSSR count). The predicted octanol–water partition coefficient (Wildman–Crippen LogP) is 7.63. The quantitative estimate of drug-likeness (QED) is 0.477. The first-order chi connectivity index (χ1) is 13.7. The van der Waals surface area contributed by atoms with Crippen LogP contribution in [0, 0.1) is 17.8 Å². The highest BCUT2D eigenvalue weighted by Gasteiger charge is 2.23. The van der Waals surface area contributed by atoms with Crippen molar-refractivity contribution in [3.05, 3.63) is 47.5 Å². The standard InChI is InChI=1S/C27H40O/c1-20-3-9-23(10-4-20)25-13-15-26(16-14-25)24-11-7-22(8-12-24)19-28-27-17-5-21(2)6-18-27/h7,11,13-16,20-24,27H,3-6,8-10,12,17-19H2,1-2H3. The fraction of sp³-hybridized carbons (Fsp3) is 0.704. The highest BCUT2D eigenvalue weighted by Crippen LogP contribution is 2.37. The molecule has 1 aromatic carbocycles. The molecule has 3 aliphatic carbocycles. The van der Waals surface area contributed by atoms with Crippen LogP contribution in [-0.2, 0) is 4.74 Å². The van der Waals surface area contributed by atoms with Gasteiger partial charge in [-0.05, 0) is 80.2 Å². The van der Waals surface area contributed by atoms with E-state index < -0.39 is 0 Å². The fourth-order valence-electron chi connectivity index (χ4n) is 5.56. The predicted molar refractivity (Wildman–Crippen MR) is 119 cm³/mol. The number of hydrogen-bond acceptors (Lipinski definition) is 1. The van der Waals surface area contributed by atoms with Gasteiger partial charge in [0, 0.05) is 11.8 Å². The van der Waals surface area contributed by atoms with E-state index >= 15 is 0 Å². The Morgan fingerprint density at radius 2 is 1.29 bits per heavy atom. The van der Waals surface area contributed by atoms with E-state index in [-0.39, 0.29) is 0 Å². The van der Waals surface area contributed by atoms with Crippen molar-refractivity contribution in [2.45, 2.75) is 96.0 Å². The van der Waals surface area contributed by atoms with Gasteiger partial charge in [-0.3, -0.25) is 0 Å². The second-order valence-corrected chi connectivity index (χ2v) is 10.2. The van der Waals surface area contributed by atoms with Crippen molar-refractivity contribution in [1.29, 1.82) is 0 Å². The Balaban J connectivity index is 1.25. The Bertz CT molecular complexity index is 614. The van der Waals surface area contributed by atoms with Crippen LogP contribution in [0.3, 0.4) is 0 Å². The minimum Gasteiger partial charge on any atom is -0.378 e. The Kier molecular flexibility index (Phi) is 6.94. The van der Waals surface area contributed by atoms with E-state index in [0.29, 0.717) is 17.9 Å². The maximum Gasteiger partial charge on any atom is 0.0575 e. The molecule has 0 N–H and O–H groups in total. The zero-order valence-corrected chi connectivity index (χ0v) is 18.1. The lowest BCUT2D eigenvalue weighted by molar-refractivity contribution is 0.00552. The summed E-state index contributed by atoms with van der Waals surface area (Å²) in [6.45, 7) is 5.71. The van der Waals surface area contributed by atoms with Crippen LogP contribution >= 0.6 is 0 Å². The topological polar surface area (TPSA) is 9.23 Å². The maximum atomic E-state index is 6.25. The average Bonchev–Trinajstić information content (AvgIpc) is 2.74. The first kappa shape index (κ1) is 20.2. The van der Waals surface area contributed by atoms with E-state index in [1.54, 1.807) is 5.56 Å². The van der Waals surface area contributed by atoms with Crippen LogP contribution in [0.4, 0.5) is 0 Å². The van der Waals surface area contributed by atoms with E-state index in [2.05, 4.69) is 50.3 Å². The lowest BCUT2D eigenvalue weighted by Crippen LogP contribution is -2.23. The molecule has 0 aliphatic heterocycles. The normalized spacial score (nSPS) is 36.4. The molecule has 1 nitrogen and oxygen atoms in total. The third-order valence-corrected chi connectivity index (χ3v) is 7.82. The lowest BCUT2D eigenvalue weighted by Gasteiger charge is -2.29. The van der Waals surface area contributed by atoms with Gasteiger partial charge in [0.05, 0.1) is 12.7 Å². The highest BCUT2D eigenvalue weighted by atomic mass is 16.5. The third kappa shape index (κ3) is 5.29. The Labute approximate surface area is 173 Å². The Morgan fingerprint density at radius 3 is 1.89 bits per heavy atom. The van der Waals surface area contributed by atoms with Crippen LogP contribution in [0.1, 0.15) is 101 Å². The van der Waals surface area contributed by atoms with Crippen LogP contribution in [0.15, 0.2) is 36.4 Å². The van der Waals surface area contributed by atoms with Gasteiger partial charge in [0.2, 0.25) is 0 Å². The molecular formula is C27H40O. The van der Waals surface area contributed by atoms with Crippen molar-refractivity contribution in [2.75, 3.05) is 6.61 Å². The molecule has 0 amide bonds. The molecule has 0 heterocycles. The summed E-state index contributed by atoms with van der Waals surface area (Å²) in [7, 11) is 0. The van der Waals surface area contributed by atoms with Crippen molar-refractivity contribution in [1.82, 2.24) is 0 Å². The Hall–Kier alpha value is -1.08. The third-order valence-electron chi connectivity index (χ3n) is 7.82. The lowest BCUT2D eigenvalue weighted by atomic mass is 9.78. The molecule has 3 aliphatic rings. The fourth-order valence-corrected chi connectivity index (χ4v) is 5.56. The molecule has 1 heteroatoms. The molecular weight excluding hydrogens is 340 g/mol. The molecule has 28 heavy (non-hydrogen) atoms. The summed E-state index contributed by atoms with van der Waals surface area (Å²) in [5.74, 6) is 3.87. The number of benzene rings is 1. The monoisotopic (exact) mass is 380 g/mol. The van der Waals surface area contributed by atoms with Crippen molar-refractivity contribution in [3.8, 4) is 0 Å². The first-order valence-corrected chi connectivity index (χ1v) is 12.1. The number of rotatable bonds is 5. The highest BCUT2D eigenvalue weighted by molar-refractivity contribution is 5.31. The zero-order valence-electron chi connectivity index (χ0n) is 18.1. The van der Waals surface area contributed by atoms with Gasteiger partial charge in [-0.1, -0.05) is 63.1 Å². The van der Waals surface area contributed by atoms with E-state index in [4.69, 9.17) is 4.74 Å². The smallest absolute Gasteiger partial charge is 0.0575 e. The first-order valence-electron chi connectivity index (χ1n) is 12.1. The Morgan fingerprint density at radius 1 is 0.679 bits per heavy atom. The second-order valence-electron chi connectivity index (χ2n) is 10.2. The second kappa shape index (κ2) is 9.61. The summed E-state index contributed by atoms with van der Waals surface area (Å²) < 4.78 is 6.25. The van der Waals surface area contributed by atoms with Crippen LogP contribution < -0.4 is 0 Å². The molecule has 0 spiro atoms. The van der Waals surface area contributed by atoms with Crippen LogP contribution in [-0.4, -0.2) is 12.7 Å². The molecule has 2 fully saturated rings. The molecule has 0 bridgehead atoms. The molecule has 0 radical (unpaired) electrons. The van der Waals surface area contributed by atoms with E-state index in [1.165, 1.54) is 69.8 Å². The van der Waals surface area contributed by atoms with Gasteiger partial charge >= 0.3 is 0 Å². The van der Waals surface area contributed by atoms with Gasteiger partial charge in [-0.15, -0.1) is 0 Å².